The van der Waals surface area contributed by atoms with Gasteiger partial charge in [0.25, 0.3) is 5.91 Å². The smallest absolute Gasteiger partial charge is 0.254 e. The number of rotatable bonds is 6. The number of carbonyl (C=O) groups excluding carboxylic acids is 2. The minimum Gasteiger partial charge on any atom is -0.504 e. The molecule has 5 rings (SSSR count). The predicted molar refractivity (Wildman–Crippen MR) is 139 cm³/mol. The molecule has 9 heteroatoms. The average molecular weight is 501 g/mol. The number of ether oxygens (including phenoxy) is 2. The molecule has 2 aliphatic heterocycles. The van der Waals surface area contributed by atoms with Crippen LogP contribution in [0.2, 0.25) is 0 Å². The summed E-state index contributed by atoms with van der Waals surface area (Å²) in [4.78, 5) is 30.7. The van der Waals surface area contributed by atoms with Gasteiger partial charge in [0.1, 0.15) is 11.9 Å². The molecular weight excluding hydrogens is 472 g/mol. The molecule has 0 spiro atoms. The van der Waals surface area contributed by atoms with E-state index >= 15 is 0 Å². The summed E-state index contributed by atoms with van der Waals surface area (Å²) in [6, 6.07) is 14.4. The number of hydrogen-bond acceptors (Lipinski definition) is 7. The van der Waals surface area contributed by atoms with Crippen molar-refractivity contribution in [1.82, 2.24) is 15.2 Å². The second-order valence-corrected chi connectivity index (χ2v) is 9.00. The van der Waals surface area contributed by atoms with Crippen molar-refractivity contribution in [2.75, 3.05) is 38.6 Å². The maximum absolute atomic E-state index is 12.7. The van der Waals surface area contributed by atoms with Gasteiger partial charge in [-0.15, -0.1) is 0 Å². The summed E-state index contributed by atoms with van der Waals surface area (Å²) in [6.07, 6.45) is 4.93. The highest BCUT2D eigenvalue weighted by atomic mass is 16.5. The van der Waals surface area contributed by atoms with Crippen LogP contribution >= 0.6 is 0 Å². The van der Waals surface area contributed by atoms with Crippen LogP contribution in [0.15, 0.2) is 60.8 Å². The maximum atomic E-state index is 12.7. The van der Waals surface area contributed by atoms with E-state index in [0.29, 0.717) is 56.4 Å². The lowest BCUT2D eigenvalue weighted by atomic mass is 9.99. The van der Waals surface area contributed by atoms with Crippen molar-refractivity contribution < 1.29 is 24.2 Å². The quantitative estimate of drug-likeness (QED) is 0.444. The topological polar surface area (TPSA) is 127 Å². The van der Waals surface area contributed by atoms with Gasteiger partial charge < -0.3 is 30.5 Å². The highest BCUT2D eigenvalue weighted by Gasteiger charge is 2.27. The number of nitrogens with zero attached hydrogens (tertiary/aromatic N) is 2. The number of hydrogen-bond donors (Lipinski definition) is 3. The molecule has 3 aromatic rings. The summed E-state index contributed by atoms with van der Waals surface area (Å²) in [5.41, 5.74) is 9.54. The van der Waals surface area contributed by atoms with Crippen LogP contribution in [0.1, 0.15) is 21.5 Å². The van der Waals surface area contributed by atoms with E-state index in [1.165, 1.54) is 6.08 Å². The zero-order valence-corrected chi connectivity index (χ0v) is 20.2. The first kappa shape index (κ1) is 24.3. The molecule has 0 radical (unpaired) electrons. The zero-order chi connectivity index (χ0) is 25.8. The van der Waals surface area contributed by atoms with Crippen molar-refractivity contribution in [2.24, 2.45) is 0 Å². The molecule has 2 aromatic carbocycles. The molecule has 2 amide bonds. The molecule has 1 fully saturated rings. The lowest BCUT2D eigenvalue weighted by Gasteiger charge is -2.26. The van der Waals surface area contributed by atoms with Crippen molar-refractivity contribution in [3.05, 3.63) is 77.5 Å². The number of anilines is 1. The Hall–Kier alpha value is -4.37. The fourth-order valence-electron chi connectivity index (χ4n) is 4.41. The van der Waals surface area contributed by atoms with Gasteiger partial charge in [-0.05, 0) is 59.2 Å². The summed E-state index contributed by atoms with van der Waals surface area (Å²) in [5.74, 6) is 0.635. The Morgan fingerprint density at radius 3 is 2.62 bits per heavy atom. The van der Waals surface area contributed by atoms with Crippen molar-refractivity contribution >= 4 is 23.7 Å². The molecule has 4 N–H and O–H groups in total. The number of aromatic hydroxyl groups is 1. The Bertz CT molecular complexity index is 1320. The molecule has 1 atom stereocenters. The van der Waals surface area contributed by atoms with E-state index in [-0.39, 0.29) is 23.7 Å². The van der Waals surface area contributed by atoms with E-state index in [4.69, 9.17) is 15.2 Å². The van der Waals surface area contributed by atoms with Crippen molar-refractivity contribution in [1.29, 1.82) is 0 Å². The second-order valence-electron chi connectivity index (χ2n) is 9.00. The number of nitrogens with two attached hydrogens (primary N) is 1. The van der Waals surface area contributed by atoms with Crippen LogP contribution in [-0.2, 0) is 16.0 Å². The molecule has 0 aliphatic carbocycles. The normalized spacial score (nSPS) is 16.9. The number of fused-ring (bicyclic) bond motifs is 1. The molecule has 1 saturated heterocycles. The maximum Gasteiger partial charge on any atom is 0.254 e. The van der Waals surface area contributed by atoms with Crippen LogP contribution in [0.4, 0.5) is 5.82 Å². The average Bonchev–Trinajstić information content (AvgIpc) is 3.35. The minimum absolute atomic E-state index is 0.00934. The van der Waals surface area contributed by atoms with Crippen LogP contribution in [0.25, 0.3) is 17.2 Å². The van der Waals surface area contributed by atoms with Gasteiger partial charge in [-0.25, -0.2) is 4.98 Å². The summed E-state index contributed by atoms with van der Waals surface area (Å²) >= 11 is 0. The summed E-state index contributed by atoms with van der Waals surface area (Å²) < 4.78 is 11.2. The monoisotopic (exact) mass is 500 g/mol. The molecule has 190 valence electrons. The van der Waals surface area contributed by atoms with Gasteiger partial charge >= 0.3 is 0 Å². The second kappa shape index (κ2) is 10.7. The van der Waals surface area contributed by atoms with Crippen LogP contribution in [0.5, 0.6) is 11.5 Å². The Labute approximate surface area is 214 Å². The zero-order valence-electron chi connectivity index (χ0n) is 20.2. The third-order valence-corrected chi connectivity index (χ3v) is 6.38. The number of phenols is 1. The van der Waals surface area contributed by atoms with Crippen LogP contribution in [-0.4, -0.2) is 65.8 Å². The largest absolute Gasteiger partial charge is 0.504 e. The Morgan fingerprint density at radius 2 is 1.89 bits per heavy atom. The first-order chi connectivity index (χ1) is 18.0. The van der Waals surface area contributed by atoms with Crippen molar-refractivity contribution in [3.63, 3.8) is 0 Å². The standard InChI is InChI=1S/C28H28N4O5/c29-25-7-1-18(16-30-25)2-8-26(34)31-17-23-14-22-13-21(15-24(33)27(22)37-23)19-3-5-20(6-4-19)28(35)32-9-11-36-12-10-32/h1-8,13,15-16,23,33H,9-12,14,17H2,(H2,29,30)(H,31,34). The third kappa shape index (κ3) is 5.73. The van der Waals surface area contributed by atoms with Gasteiger partial charge in [-0.2, -0.15) is 0 Å². The van der Waals surface area contributed by atoms with E-state index in [2.05, 4.69) is 10.3 Å². The number of nitrogen functional groups attached to an aromatic ring is 1. The molecule has 9 nitrogen and oxygen atoms in total. The first-order valence-electron chi connectivity index (χ1n) is 12.1. The van der Waals surface area contributed by atoms with Gasteiger partial charge in [-0.3, -0.25) is 9.59 Å². The summed E-state index contributed by atoms with van der Waals surface area (Å²) in [7, 11) is 0. The first-order valence-corrected chi connectivity index (χ1v) is 12.1. The molecule has 1 aromatic heterocycles. The number of pyridine rings is 1. The van der Waals surface area contributed by atoms with Crippen LogP contribution < -0.4 is 15.8 Å². The van der Waals surface area contributed by atoms with Crippen molar-refractivity contribution in [2.45, 2.75) is 12.5 Å². The van der Waals surface area contributed by atoms with Gasteiger partial charge in [0.2, 0.25) is 5.91 Å². The Balaban J connectivity index is 1.19. The molecule has 3 heterocycles. The summed E-state index contributed by atoms with van der Waals surface area (Å²) in [5, 5.41) is 13.4. The lowest BCUT2D eigenvalue weighted by molar-refractivity contribution is -0.116. The Morgan fingerprint density at radius 1 is 1.11 bits per heavy atom. The van der Waals surface area contributed by atoms with E-state index in [0.717, 1.165) is 22.3 Å². The van der Waals surface area contributed by atoms with Crippen LogP contribution in [0.3, 0.4) is 0 Å². The van der Waals surface area contributed by atoms with Crippen molar-refractivity contribution in [3.8, 4) is 22.6 Å². The molecular formula is C28H28N4O5. The number of amides is 2. The number of carbonyl (C=O) groups is 2. The van der Waals surface area contributed by atoms with Gasteiger partial charge in [0.05, 0.1) is 19.8 Å². The number of aromatic nitrogens is 1. The molecule has 37 heavy (non-hydrogen) atoms. The SMILES string of the molecule is Nc1ccc(C=CC(=O)NCC2Cc3cc(-c4ccc(C(=O)N5CCOCC5)cc4)cc(O)c3O2)cn1. The predicted octanol–water partition coefficient (Wildman–Crippen LogP) is 2.64. The fraction of sp³-hybridized carbons (Fsp3) is 0.250. The molecule has 1 unspecified atom stereocenters. The third-order valence-electron chi connectivity index (χ3n) is 6.38. The van der Waals surface area contributed by atoms with Gasteiger partial charge in [-0.1, -0.05) is 12.1 Å². The molecule has 2 aliphatic rings. The number of nitrogens with one attached hydrogen (secondary N) is 1. The minimum atomic E-state index is -0.291. The van der Waals surface area contributed by atoms with E-state index < -0.39 is 0 Å². The van der Waals surface area contributed by atoms with E-state index in [1.54, 1.807) is 47.5 Å². The Kier molecular flexibility index (Phi) is 7.04. The van der Waals surface area contributed by atoms with Gasteiger partial charge in [0, 0.05) is 42.9 Å². The number of benzene rings is 2. The number of phenolic OH excluding ortho intramolecular Hbond substituents is 1. The molecule has 0 bridgehead atoms. The fourth-order valence-corrected chi connectivity index (χ4v) is 4.41. The lowest BCUT2D eigenvalue weighted by Crippen LogP contribution is -2.40. The van der Waals surface area contributed by atoms with Gasteiger partial charge in [0.15, 0.2) is 11.5 Å². The van der Waals surface area contributed by atoms with E-state index in [9.17, 15) is 14.7 Å². The highest BCUT2D eigenvalue weighted by Crippen LogP contribution is 2.40. The van der Waals surface area contributed by atoms with Crippen LogP contribution in [0, 0.1) is 0 Å². The molecule has 0 saturated carbocycles. The summed E-state index contributed by atoms with van der Waals surface area (Å²) in [6.45, 7) is 2.60. The van der Waals surface area contributed by atoms with E-state index in [1.807, 2.05) is 18.2 Å². The highest BCUT2D eigenvalue weighted by molar-refractivity contribution is 5.95. The number of morpholine rings is 1.